The summed E-state index contributed by atoms with van der Waals surface area (Å²) in [6.45, 7) is 5.16. The summed E-state index contributed by atoms with van der Waals surface area (Å²) >= 11 is 0. The summed E-state index contributed by atoms with van der Waals surface area (Å²) in [6, 6.07) is 0. The SMILES string of the molecule is CC12CCCC1C1CCC3C(C=O)CCCC3(C)C1CC2. The molecule has 0 aromatic carbocycles. The van der Waals surface area contributed by atoms with Crippen molar-refractivity contribution < 1.29 is 4.79 Å². The first-order valence-electron chi connectivity index (χ1n) is 9.54. The molecule has 0 aromatic rings. The van der Waals surface area contributed by atoms with Gasteiger partial charge in [0.25, 0.3) is 0 Å². The fraction of sp³-hybridized carbons (Fsp3) is 0.950. The van der Waals surface area contributed by atoms with Gasteiger partial charge in [0.15, 0.2) is 0 Å². The monoisotopic (exact) mass is 288 g/mol. The number of fused-ring (bicyclic) bond motifs is 5. The van der Waals surface area contributed by atoms with Crippen LogP contribution in [-0.2, 0) is 4.79 Å². The predicted molar refractivity (Wildman–Crippen MR) is 85.9 cm³/mol. The summed E-state index contributed by atoms with van der Waals surface area (Å²) in [4.78, 5) is 11.6. The van der Waals surface area contributed by atoms with E-state index in [0.29, 0.717) is 22.7 Å². The van der Waals surface area contributed by atoms with Gasteiger partial charge in [-0.15, -0.1) is 0 Å². The Balaban J connectivity index is 1.65. The molecule has 0 saturated heterocycles. The molecule has 0 heterocycles. The number of carbonyl (C=O) groups is 1. The van der Waals surface area contributed by atoms with Crippen LogP contribution in [0.25, 0.3) is 0 Å². The Kier molecular flexibility index (Phi) is 3.28. The maximum Gasteiger partial charge on any atom is 0.123 e. The number of carbonyl (C=O) groups excluding carboxylic acids is 1. The summed E-state index contributed by atoms with van der Waals surface area (Å²) in [5.74, 6) is 4.00. The summed E-state index contributed by atoms with van der Waals surface area (Å²) in [7, 11) is 0. The van der Waals surface area contributed by atoms with Gasteiger partial charge in [-0.1, -0.05) is 26.7 Å². The highest BCUT2D eigenvalue weighted by atomic mass is 16.1. The molecule has 1 heteroatoms. The van der Waals surface area contributed by atoms with Gasteiger partial charge < -0.3 is 4.79 Å². The molecular weight excluding hydrogens is 256 g/mol. The normalized spacial score (nSPS) is 56.2. The molecule has 0 aromatic heterocycles. The minimum Gasteiger partial charge on any atom is -0.303 e. The van der Waals surface area contributed by atoms with Crippen molar-refractivity contribution in [2.45, 2.75) is 78.1 Å². The molecule has 0 radical (unpaired) electrons. The van der Waals surface area contributed by atoms with Crippen molar-refractivity contribution in [2.75, 3.05) is 0 Å². The third-order valence-electron chi connectivity index (χ3n) is 8.67. The van der Waals surface area contributed by atoms with E-state index in [0.717, 1.165) is 17.8 Å². The average Bonchev–Trinajstić information content (AvgIpc) is 2.87. The number of aldehydes is 1. The van der Waals surface area contributed by atoms with Crippen molar-refractivity contribution >= 4 is 6.29 Å². The zero-order valence-electron chi connectivity index (χ0n) is 13.9. The van der Waals surface area contributed by atoms with Crippen molar-refractivity contribution in [3.05, 3.63) is 0 Å². The van der Waals surface area contributed by atoms with Gasteiger partial charge in [0.1, 0.15) is 6.29 Å². The second-order valence-corrected chi connectivity index (χ2v) is 9.34. The third-order valence-corrected chi connectivity index (χ3v) is 8.67. The third kappa shape index (κ3) is 1.91. The first kappa shape index (κ1) is 14.3. The highest BCUT2D eigenvalue weighted by Crippen LogP contribution is 2.66. The predicted octanol–water partition coefficient (Wildman–Crippen LogP) is 5.23. The summed E-state index contributed by atoms with van der Waals surface area (Å²) < 4.78 is 0. The van der Waals surface area contributed by atoms with E-state index in [1.165, 1.54) is 70.5 Å². The van der Waals surface area contributed by atoms with Crippen LogP contribution in [0.2, 0.25) is 0 Å². The van der Waals surface area contributed by atoms with Crippen molar-refractivity contribution in [1.29, 1.82) is 0 Å². The molecular formula is C20H32O. The van der Waals surface area contributed by atoms with Gasteiger partial charge in [-0.2, -0.15) is 0 Å². The van der Waals surface area contributed by atoms with Gasteiger partial charge in [-0.25, -0.2) is 0 Å². The lowest BCUT2D eigenvalue weighted by atomic mass is 9.44. The average molecular weight is 288 g/mol. The first-order chi connectivity index (χ1) is 10.1. The molecule has 4 rings (SSSR count). The van der Waals surface area contributed by atoms with Gasteiger partial charge >= 0.3 is 0 Å². The van der Waals surface area contributed by atoms with Gasteiger partial charge in [0.2, 0.25) is 0 Å². The molecule has 118 valence electrons. The summed E-state index contributed by atoms with van der Waals surface area (Å²) in [5.41, 5.74) is 1.15. The fourth-order valence-electron chi connectivity index (χ4n) is 7.64. The topological polar surface area (TPSA) is 17.1 Å². The summed E-state index contributed by atoms with van der Waals surface area (Å²) in [6.07, 6.45) is 15.3. The lowest BCUT2D eigenvalue weighted by molar-refractivity contribution is -0.135. The van der Waals surface area contributed by atoms with E-state index in [2.05, 4.69) is 13.8 Å². The largest absolute Gasteiger partial charge is 0.303 e. The van der Waals surface area contributed by atoms with E-state index in [1.807, 2.05) is 0 Å². The first-order valence-corrected chi connectivity index (χ1v) is 9.54. The van der Waals surface area contributed by atoms with Crippen LogP contribution in [0.3, 0.4) is 0 Å². The van der Waals surface area contributed by atoms with Crippen LogP contribution in [0.5, 0.6) is 0 Å². The second-order valence-electron chi connectivity index (χ2n) is 9.34. The van der Waals surface area contributed by atoms with E-state index < -0.39 is 0 Å². The van der Waals surface area contributed by atoms with Crippen LogP contribution in [0.4, 0.5) is 0 Å². The van der Waals surface area contributed by atoms with Gasteiger partial charge in [-0.05, 0) is 85.9 Å². The standard InChI is InChI=1S/C20H32O/c1-19-10-4-6-17(19)15-7-8-16-14(13-21)5-3-11-20(16,2)18(15)9-12-19/h13-18H,3-12H2,1-2H3. The van der Waals surface area contributed by atoms with Crippen LogP contribution in [0, 0.1) is 40.4 Å². The Labute approximate surface area is 130 Å². The Bertz CT molecular complexity index is 430. The van der Waals surface area contributed by atoms with Crippen LogP contribution in [0.1, 0.15) is 78.1 Å². The van der Waals surface area contributed by atoms with Gasteiger partial charge in [0, 0.05) is 5.92 Å². The summed E-state index contributed by atoms with van der Waals surface area (Å²) in [5, 5.41) is 0. The molecule has 4 fully saturated rings. The molecule has 0 aliphatic heterocycles. The molecule has 0 spiro atoms. The van der Waals surface area contributed by atoms with E-state index in [9.17, 15) is 4.79 Å². The van der Waals surface area contributed by atoms with E-state index in [1.54, 1.807) is 0 Å². The molecule has 7 atom stereocenters. The smallest absolute Gasteiger partial charge is 0.123 e. The molecule has 7 unspecified atom stereocenters. The van der Waals surface area contributed by atoms with E-state index in [-0.39, 0.29) is 0 Å². The number of rotatable bonds is 1. The molecule has 0 amide bonds. The van der Waals surface area contributed by atoms with Crippen molar-refractivity contribution in [1.82, 2.24) is 0 Å². The molecule has 4 aliphatic rings. The number of hydrogen-bond donors (Lipinski definition) is 0. The minimum atomic E-state index is 0.376. The van der Waals surface area contributed by atoms with Crippen LogP contribution >= 0.6 is 0 Å². The maximum absolute atomic E-state index is 11.6. The molecule has 4 aliphatic carbocycles. The molecule has 1 nitrogen and oxygen atoms in total. The maximum atomic E-state index is 11.6. The van der Waals surface area contributed by atoms with E-state index in [4.69, 9.17) is 0 Å². The van der Waals surface area contributed by atoms with Crippen LogP contribution in [-0.4, -0.2) is 6.29 Å². The number of hydrogen-bond acceptors (Lipinski definition) is 1. The lowest BCUT2D eigenvalue weighted by Crippen LogP contribution is -2.53. The Morgan fingerprint density at radius 1 is 0.810 bits per heavy atom. The minimum absolute atomic E-state index is 0.376. The van der Waals surface area contributed by atoms with Gasteiger partial charge in [0.05, 0.1) is 0 Å². The van der Waals surface area contributed by atoms with Crippen molar-refractivity contribution in [3.8, 4) is 0 Å². The highest BCUT2D eigenvalue weighted by Gasteiger charge is 2.58. The lowest BCUT2D eigenvalue weighted by Gasteiger charge is -2.61. The Hall–Kier alpha value is -0.330. The van der Waals surface area contributed by atoms with Gasteiger partial charge in [-0.3, -0.25) is 0 Å². The Morgan fingerprint density at radius 3 is 2.43 bits per heavy atom. The molecule has 4 saturated carbocycles. The Morgan fingerprint density at radius 2 is 1.62 bits per heavy atom. The molecule has 0 N–H and O–H groups in total. The zero-order chi connectivity index (χ0) is 14.7. The quantitative estimate of drug-likeness (QED) is 0.603. The zero-order valence-corrected chi connectivity index (χ0v) is 13.9. The van der Waals surface area contributed by atoms with Crippen molar-refractivity contribution in [3.63, 3.8) is 0 Å². The highest BCUT2D eigenvalue weighted by molar-refractivity contribution is 5.54. The fourth-order valence-corrected chi connectivity index (χ4v) is 7.64. The molecule has 0 bridgehead atoms. The van der Waals surface area contributed by atoms with Crippen LogP contribution in [0.15, 0.2) is 0 Å². The van der Waals surface area contributed by atoms with Crippen molar-refractivity contribution in [2.24, 2.45) is 40.4 Å². The van der Waals surface area contributed by atoms with Crippen LogP contribution < -0.4 is 0 Å². The molecule has 21 heavy (non-hydrogen) atoms. The second kappa shape index (κ2) is 4.83. The van der Waals surface area contributed by atoms with E-state index >= 15 is 0 Å².